The molecule has 0 unspecified atom stereocenters. The van der Waals surface area contributed by atoms with Crippen LogP contribution in [0.3, 0.4) is 0 Å². The van der Waals surface area contributed by atoms with E-state index in [1.807, 2.05) is 6.92 Å². The molecule has 0 aliphatic carbocycles. The maximum atomic E-state index is 11.2. The molecule has 1 aromatic heterocycles. The van der Waals surface area contributed by atoms with Crippen molar-refractivity contribution in [2.45, 2.75) is 13.5 Å². The summed E-state index contributed by atoms with van der Waals surface area (Å²) >= 11 is 0. The van der Waals surface area contributed by atoms with Crippen molar-refractivity contribution in [3.63, 3.8) is 0 Å². The molecule has 0 bridgehead atoms. The Balaban J connectivity index is 1.96. The largest absolute Gasteiger partial charge is 0.369 e. The summed E-state index contributed by atoms with van der Waals surface area (Å²) in [5.41, 5.74) is 0.735. The van der Waals surface area contributed by atoms with Gasteiger partial charge < -0.3 is 5.32 Å². The number of carbonyl (C=O) groups excluding carboxylic acids is 2. The molecule has 2 N–H and O–H groups in total. The highest BCUT2D eigenvalue weighted by molar-refractivity contribution is 5.99. The van der Waals surface area contributed by atoms with Crippen LogP contribution in [0.5, 0.6) is 0 Å². The van der Waals surface area contributed by atoms with Crippen molar-refractivity contribution in [1.82, 2.24) is 20.2 Å². The molecule has 1 aromatic rings. The minimum atomic E-state index is -0.275. The zero-order valence-electron chi connectivity index (χ0n) is 10.1. The Bertz CT molecular complexity index is 429. The summed E-state index contributed by atoms with van der Waals surface area (Å²) < 4.78 is 0. The van der Waals surface area contributed by atoms with E-state index in [-0.39, 0.29) is 24.9 Å². The van der Waals surface area contributed by atoms with Crippen molar-refractivity contribution in [2.75, 3.05) is 25.0 Å². The molecule has 2 heterocycles. The Labute approximate surface area is 105 Å². The molecule has 1 aliphatic heterocycles. The molecule has 7 heteroatoms. The molecule has 96 valence electrons. The average Bonchev–Trinajstić information content (AvgIpc) is 2.31. The van der Waals surface area contributed by atoms with Gasteiger partial charge in [-0.25, -0.2) is 4.98 Å². The Morgan fingerprint density at radius 3 is 2.56 bits per heavy atom. The number of carbonyl (C=O) groups is 2. The Kier molecular flexibility index (Phi) is 3.83. The second-order valence-electron chi connectivity index (χ2n) is 4.04. The van der Waals surface area contributed by atoms with Gasteiger partial charge in [0.2, 0.25) is 11.8 Å². The number of aromatic nitrogens is 2. The molecule has 1 aliphatic rings. The lowest BCUT2D eigenvalue weighted by Gasteiger charge is -2.24. The van der Waals surface area contributed by atoms with E-state index in [0.717, 1.165) is 12.2 Å². The van der Waals surface area contributed by atoms with E-state index in [1.54, 1.807) is 17.3 Å². The second kappa shape index (κ2) is 5.54. The van der Waals surface area contributed by atoms with Crippen LogP contribution in [0.25, 0.3) is 0 Å². The van der Waals surface area contributed by atoms with E-state index in [0.29, 0.717) is 12.4 Å². The van der Waals surface area contributed by atoms with Crippen LogP contribution in [0, 0.1) is 0 Å². The van der Waals surface area contributed by atoms with Gasteiger partial charge in [-0.15, -0.1) is 0 Å². The lowest BCUT2D eigenvalue weighted by molar-refractivity contribution is -0.136. The number of rotatable bonds is 4. The average molecular weight is 249 g/mol. The lowest BCUT2D eigenvalue weighted by atomic mass is 10.3. The van der Waals surface area contributed by atoms with Crippen LogP contribution in [-0.2, 0) is 16.1 Å². The molecule has 0 aromatic carbocycles. The predicted molar refractivity (Wildman–Crippen MR) is 64.6 cm³/mol. The van der Waals surface area contributed by atoms with E-state index in [2.05, 4.69) is 20.6 Å². The number of imide groups is 1. The normalized spacial score (nSPS) is 16.5. The van der Waals surface area contributed by atoms with Gasteiger partial charge in [-0.05, 0) is 6.92 Å². The third kappa shape index (κ3) is 3.24. The SMILES string of the molecule is CCNc1cnc(CN2CC(=O)NC(=O)C2)cn1. The number of amides is 2. The maximum absolute atomic E-state index is 11.2. The first-order chi connectivity index (χ1) is 8.67. The summed E-state index contributed by atoms with van der Waals surface area (Å²) in [6, 6.07) is 0. The molecule has 0 atom stereocenters. The molecule has 0 radical (unpaired) electrons. The second-order valence-corrected chi connectivity index (χ2v) is 4.04. The summed E-state index contributed by atoms with van der Waals surface area (Å²) in [7, 11) is 0. The zero-order chi connectivity index (χ0) is 13.0. The van der Waals surface area contributed by atoms with Crippen molar-refractivity contribution in [2.24, 2.45) is 0 Å². The third-order valence-electron chi connectivity index (χ3n) is 2.46. The summed E-state index contributed by atoms with van der Waals surface area (Å²) in [6.45, 7) is 3.63. The van der Waals surface area contributed by atoms with Crippen molar-refractivity contribution >= 4 is 17.6 Å². The fourth-order valence-electron chi connectivity index (χ4n) is 1.75. The zero-order valence-corrected chi connectivity index (χ0v) is 10.1. The van der Waals surface area contributed by atoms with Crippen LogP contribution in [0.1, 0.15) is 12.6 Å². The maximum Gasteiger partial charge on any atom is 0.240 e. The number of piperazine rings is 1. The minimum absolute atomic E-state index is 0.211. The van der Waals surface area contributed by atoms with E-state index >= 15 is 0 Å². The van der Waals surface area contributed by atoms with E-state index in [1.165, 1.54) is 0 Å². The van der Waals surface area contributed by atoms with Crippen LogP contribution in [0.4, 0.5) is 5.82 Å². The van der Waals surface area contributed by atoms with E-state index in [9.17, 15) is 9.59 Å². The van der Waals surface area contributed by atoms with Crippen molar-refractivity contribution in [3.8, 4) is 0 Å². The molecule has 0 spiro atoms. The standard InChI is InChI=1S/C11H15N5O2/c1-2-12-9-4-13-8(3-14-9)5-16-6-10(17)15-11(18)7-16/h3-4H,2,5-7H2,1H3,(H,12,14)(H,15,17,18). The highest BCUT2D eigenvalue weighted by atomic mass is 16.2. The molecule has 1 saturated heterocycles. The molecule has 0 saturated carbocycles. The molecular formula is C11H15N5O2. The molecule has 2 amide bonds. The van der Waals surface area contributed by atoms with Crippen molar-refractivity contribution in [1.29, 1.82) is 0 Å². The Morgan fingerprint density at radius 2 is 2.00 bits per heavy atom. The fourth-order valence-corrected chi connectivity index (χ4v) is 1.75. The number of anilines is 1. The fraction of sp³-hybridized carbons (Fsp3) is 0.455. The molecule has 7 nitrogen and oxygen atoms in total. The highest BCUT2D eigenvalue weighted by Crippen LogP contribution is 2.05. The van der Waals surface area contributed by atoms with Crippen LogP contribution in [0.15, 0.2) is 12.4 Å². The topological polar surface area (TPSA) is 87.2 Å². The number of nitrogens with zero attached hydrogens (tertiary/aromatic N) is 3. The van der Waals surface area contributed by atoms with Crippen LogP contribution in [-0.4, -0.2) is 46.3 Å². The van der Waals surface area contributed by atoms with Gasteiger partial charge in [-0.1, -0.05) is 0 Å². The first kappa shape index (κ1) is 12.4. The third-order valence-corrected chi connectivity index (χ3v) is 2.46. The first-order valence-corrected chi connectivity index (χ1v) is 5.77. The number of hydrogen-bond donors (Lipinski definition) is 2. The van der Waals surface area contributed by atoms with Gasteiger partial charge >= 0.3 is 0 Å². The Morgan fingerprint density at radius 1 is 1.28 bits per heavy atom. The smallest absolute Gasteiger partial charge is 0.240 e. The minimum Gasteiger partial charge on any atom is -0.369 e. The van der Waals surface area contributed by atoms with E-state index in [4.69, 9.17) is 0 Å². The highest BCUT2D eigenvalue weighted by Gasteiger charge is 2.22. The van der Waals surface area contributed by atoms with Gasteiger partial charge in [0.05, 0.1) is 31.2 Å². The quantitative estimate of drug-likeness (QED) is 0.691. The molecule has 2 rings (SSSR count). The summed E-state index contributed by atoms with van der Waals surface area (Å²) in [4.78, 5) is 32.5. The van der Waals surface area contributed by atoms with Gasteiger partial charge in [-0.2, -0.15) is 0 Å². The summed E-state index contributed by atoms with van der Waals surface area (Å²) in [5, 5.41) is 5.30. The first-order valence-electron chi connectivity index (χ1n) is 5.77. The number of nitrogens with one attached hydrogen (secondary N) is 2. The van der Waals surface area contributed by atoms with Gasteiger partial charge in [-0.3, -0.25) is 24.8 Å². The Hall–Kier alpha value is -2.02. The van der Waals surface area contributed by atoms with E-state index < -0.39 is 0 Å². The molecular weight excluding hydrogens is 234 g/mol. The molecule has 18 heavy (non-hydrogen) atoms. The van der Waals surface area contributed by atoms with Crippen molar-refractivity contribution < 1.29 is 9.59 Å². The molecule has 1 fully saturated rings. The summed E-state index contributed by atoms with van der Waals surface area (Å²) in [5.74, 6) is 0.167. The number of hydrogen-bond acceptors (Lipinski definition) is 6. The van der Waals surface area contributed by atoms with Gasteiger partial charge in [0.25, 0.3) is 0 Å². The van der Waals surface area contributed by atoms with Crippen LogP contribution < -0.4 is 10.6 Å². The van der Waals surface area contributed by atoms with Gasteiger partial charge in [0.1, 0.15) is 5.82 Å². The van der Waals surface area contributed by atoms with Gasteiger partial charge in [0, 0.05) is 13.1 Å². The van der Waals surface area contributed by atoms with Crippen molar-refractivity contribution in [3.05, 3.63) is 18.1 Å². The van der Waals surface area contributed by atoms with Crippen LogP contribution in [0.2, 0.25) is 0 Å². The predicted octanol–water partition coefficient (Wildman–Crippen LogP) is -0.633. The lowest BCUT2D eigenvalue weighted by Crippen LogP contribution is -2.50. The monoisotopic (exact) mass is 249 g/mol. The van der Waals surface area contributed by atoms with Gasteiger partial charge in [0.15, 0.2) is 0 Å². The van der Waals surface area contributed by atoms with Crippen LogP contribution >= 0.6 is 0 Å². The summed E-state index contributed by atoms with van der Waals surface area (Å²) in [6.07, 6.45) is 3.29.